The normalized spacial score (nSPS) is 15.8. The number of allylic oxidation sites excluding steroid dienone is 2. The van der Waals surface area contributed by atoms with Gasteiger partial charge in [0.25, 0.3) is 0 Å². The molecule has 3 rings (SSSR count). The molecule has 1 aromatic heterocycles. The summed E-state index contributed by atoms with van der Waals surface area (Å²) >= 11 is 0. The SMILES string of the molecule is CCOC(=O)C1=C(C)OC(N)=C(C#N)C1c1ccc(OCn2cc([N+](=O)[O-])cn2)cc1. The highest BCUT2D eigenvalue weighted by Crippen LogP contribution is 2.39. The number of benzene rings is 1. The Morgan fingerprint density at radius 2 is 2.13 bits per heavy atom. The number of carbonyl (C=O) groups is 1. The summed E-state index contributed by atoms with van der Waals surface area (Å²) in [6.45, 7) is 3.40. The highest BCUT2D eigenvalue weighted by Gasteiger charge is 2.36. The van der Waals surface area contributed by atoms with Gasteiger partial charge in [-0.1, -0.05) is 12.1 Å². The van der Waals surface area contributed by atoms with Gasteiger partial charge in [0, 0.05) is 0 Å². The molecule has 0 saturated carbocycles. The Hall–Kier alpha value is -4.33. The zero-order valence-electron chi connectivity index (χ0n) is 16.8. The summed E-state index contributed by atoms with van der Waals surface area (Å²) in [6, 6.07) is 8.68. The quantitative estimate of drug-likeness (QED) is 0.400. The third-order valence-corrected chi connectivity index (χ3v) is 4.51. The fourth-order valence-electron chi connectivity index (χ4n) is 3.10. The molecule has 1 aliphatic heterocycles. The van der Waals surface area contributed by atoms with Crippen LogP contribution in [0, 0.1) is 21.4 Å². The van der Waals surface area contributed by atoms with Gasteiger partial charge >= 0.3 is 11.7 Å². The Bertz CT molecular complexity index is 1110. The van der Waals surface area contributed by atoms with Crippen LogP contribution in [-0.2, 0) is 21.0 Å². The van der Waals surface area contributed by atoms with Gasteiger partial charge in [-0.05, 0) is 31.5 Å². The fourth-order valence-corrected chi connectivity index (χ4v) is 3.10. The van der Waals surface area contributed by atoms with E-state index in [4.69, 9.17) is 19.9 Å². The third kappa shape index (κ3) is 4.48. The maximum absolute atomic E-state index is 12.5. The molecule has 0 aliphatic carbocycles. The first-order valence-corrected chi connectivity index (χ1v) is 9.20. The van der Waals surface area contributed by atoms with Gasteiger partial charge in [-0.15, -0.1) is 0 Å². The number of nitriles is 1. The molecular weight excluding hydrogens is 406 g/mol. The van der Waals surface area contributed by atoms with Crippen molar-refractivity contribution in [3.8, 4) is 11.8 Å². The third-order valence-electron chi connectivity index (χ3n) is 4.51. The summed E-state index contributed by atoms with van der Waals surface area (Å²) in [7, 11) is 0. The molecule has 1 unspecified atom stereocenters. The molecule has 0 fully saturated rings. The molecule has 160 valence electrons. The minimum atomic E-state index is -0.749. The van der Waals surface area contributed by atoms with Crippen LogP contribution in [0.4, 0.5) is 5.69 Å². The number of rotatable bonds is 7. The molecule has 1 aliphatic rings. The van der Waals surface area contributed by atoms with Crippen LogP contribution in [0.2, 0.25) is 0 Å². The van der Waals surface area contributed by atoms with Gasteiger partial charge in [0.15, 0.2) is 6.73 Å². The van der Waals surface area contributed by atoms with E-state index in [0.717, 1.165) is 6.20 Å². The number of ether oxygens (including phenoxy) is 3. The summed E-state index contributed by atoms with van der Waals surface area (Å²) in [5, 5.41) is 24.2. The maximum Gasteiger partial charge on any atom is 0.338 e. The van der Waals surface area contributed by atoms with E-state index >= 15 is 0 Å². The summed E-state index contributed by atoms with van der Waals surface area (Å²) in [5.41, 5.74) is 6.66. The lowest BCUT2D eigenvalue weighted by Gasteiger charge is -2.26. The van der Waals surface area contributed by atoms with Crippen LogP contribution in [0.3, 0.4) is 0 Å². The van der Waals surface area contributed by atoms with Gasteiger partial charge in [0.05, 0.1) is 23.0 Å². The topological polar surface area (TPSA) is 156 Å². The molecule has 0 bridgehead atoms. The number of aromatic nitrogens is 2. The van der Waals surface area contributed by atoms with Gasteiger partial charge in [0.2, 0.25) is 5.88 Å². The van der Waals surface area contributed by atoms with Gasteiger partial charge in [-0.2, -0.15) is 10.4 Å². The minimum Gasteiger partial charge on any atom is -0.471 e. The van der Waals surface area contributed by atoms with Gasteiger partial charge < -0.3 is 19.9 Å². The predicted octanol–water partition coefficient (Wildman–Crippen LogP) is 2.47. The number of nitro groups is 1. The number of nitrogens with zero attached hydrogens (tertiary/aromatic N) is 4. The second-order valence-corrected chi connectivity index (χ2v) is 6.45. The molecule has 1 atom stereocenters. The molecule has 2 N–H and O–H groups in total. The second-order valence-electron chi connectivity index (χ2n) is 6.45. The van der Waals surface area contributed by atoms with Gasteiger partial charge in [-0.25, -0.2) is 9.48 Å². The Kier molecular flexibility index (Phi) is 6.21. The number of hydrogen-bond donors (Lipinski definition) is 1. The Morgan fingerprint density at radius 1 is 1.42 bits per heavy atom. The number of nitrogens with two attached hydrogens (primary N) is 1. The first kappa shape index (κ1) is 21.4. The molecule has 11 heteroatoms. The van der Waals surface area contributed by atoms with E-state index in [0.29, 0.717) is 11.3 Å². The molecule has 31 heavy (non-hydrogen) atoms. The van der Waals surface area contributed by atoms with Crippen LogP contribution in [-0.4, -0.2) is 27.3 Å². The Labute approximate surface area is 177 Å². The zero-order valence-corrected chi connectivity index (χ0v) is 16.8. The smallest absolute Gasteiger partial charge is 0.338 e. The van der Waals surface area contributed by atoms with Crippen molar-refractivity contribution in [3.63, 3.8) is 0 Å². The number of carbonyl (C=O) groups excluding carboxylic acids is 1. The van der Waals surface area contributed by atoms with Crippen LogP contribution in [0.1, 0.15) is 25.3 Å². The number of esters is 1. The van der Waals surface area contributed by atoms with Crippen LogP contribution in [0.5, 0.6) is 5.75 Å². The highest BCUT2D eigenvalue weighted by atomic mass is 16.6. The average molecular weight is 425 g/mol. The molecule has 0 radical (unpaired) electrons. The Balaban J connectivity index is 1.83. The van der Waals surface area contributed by atoms with E-state index in [1.54, 1.807) is 38.1 Å². The largest absolute Gasteiger partial charge is 0.471 e. The lowest BCUT2D eigenvalue weighted by Crippen LogP contribution is -2.25. The van der Waals surface area contributed by atoms with Gasteiger partial charge in [0.1, 0.15) is 35.5 Å². The van der Waals surface area contributed by atoms with Crippen LogP contribution in [0.25, 0.3) is 0 Å². The van der Waals surface area contributed by atoms with Crippen molar-refractivity contribution in [3.05, 3.63) is 75.1 Å². The molecule has 11 nitrogen and oxygen atoms in total. The summed E-state index contributed by atoms with van der Waals surface area (Å²) in [6.07, 6.45) is 2.38. The van der Waals surface area contributed by atoms with E-state index in [2.05, 4.69) is 5.10 Å². The summed E-state index contributed by atoms with van der Waals surface area (Å²) in [5.74, 6) is -0.687. The lowest BCUT2D eigenvalue weighted by atomic mass is 9.83. The van der Waals surface area contributed by atoms with Crippen LogP contribution in [0.15, 0.2) is 59.4 Å². The van der Waals surface area contributed by atoms with Crippen molar-refractivity contribution in [1.82, 2.24) is 9.78 Å². The van der Waals surface area contributed by atoms with Crippen molar-refractivity contribution in [2.24, 2.45) is 5.73 Å². The Morgan fingerprint density at radius 3 is 2.71 bits per heavy atom. The standard InChI is InChI=1S/C20H19N5O6/c1-3-29-20(26)17-12(2)31-19(22)16(8-21)18(17)13-4-6-15(7-5-13)30-11-24-10-14(9-23-24)25(27)28/h4-7,9-10,18H,3,11,22H2,1-2H3. The van der Waals surface area contributed by atoms with Gasteiger partial charge in [-0.3, -0.25) is 10.1 Å². The molecule has 2 heterocycles. The van der Waals surface area contributed by atoms with Crippen LogP contribution >= 0.6 is 0 Å². The lowest BCUT2D eigenvalue weighted by molar-refractivity contribution is -0.385. The second kappa shape index (κ2) is 9.00. The van der Waals surface area contributed by atoms with Crippen molar-refractivity contribution >= 4 is 11.7 Å². The summed E-state index contributed by atoms with van der Waals surface area (Å²) < 4.78 is 17.4. The monoisotopic (exact) mass is 425 g/mol. The van der Waals surface area contributed by atoms with E-state index in [1.165, 1.54) is 10.9 Å². The number of hydrogen-bond acceptors (Lipinski definition) is 9. The molecule has 0 saturated heterocycles. The predicted molar refractivity (Wildman–Crippen MR) is 106 cm³/mol. The van der Waals surface area contributed by atoms with E-state index < -0.39 is 16.8 Å². The molecule has 2 aromatic rings. The zero-order chi connectivity index (χ0) is 22.5. The summed E-state index contributed by atoms with van der Waals surface area (Å²) in [4.78, 5) is 22.7. The van der Waals surface area contributed by atoms with Crippen molar-refractivity contribution in [2.45, 2.75) is 26.5 Å². The average Bonchev–Trinajstić information content (AvgIpc) is 3.22. The molecule has 1 aromatic carbocycles. The first-order valence-electron chi connectivity index (χ1n) is 9.20. The highest BCUT2D eigenvalue weighted by molar-refractivity contribution is 5.92. The van der Waals surface area contributed by atoms with E-state index in [-0.39, 0.29) is 41.8 Å². The fraction of sp³-hybridized carbons (Fsp3) is 0.250. The molecule has 0 spiro atoms. The first-order chi connectivity index (χ1) is 14.8. The molecule has 0 amide bonds. The maximum atomic E-state index is 12.5. The van der Waals surface area contributed by atoms with Crippen molar-refractivity contribution in [1.29, 1.82) is 5.26 Å². The van der Waals surface area contributed by atoms with E-state index in [9.17, 15) is 20.2 Å². The van der Waals surface area contributed by atoms with Crippen molar-refractivity contribution in [2.75, 3.05) is 6.61 Å². The van der Waals surface area contributed by atoms with E-state index in [1.807, 2.05) is 6.07 Å². The van der Waals surface area contributed by atoms with Crippen LogP contribution < -0.4 is 10.5 Å². The minimum absolute atomic E-state index is 0.0339. The van der Waals surface area contributed by atoms with Crippen molar-refractivity contribution < 1.29 is 23.9 Å². The molecular formula is C20H19N5O6.